The second-order valence-electron chi connectivity index (χ2n) is 31.4. The minimum absolute atomic E-state index is 0.0912. The summed E-state index contributed by atoms with van der Waals surface area (Å²) in [5.74, 6) is -0.833. The number of benzene rings is 1. The molecule has 1 aromatic carbocycles. The van der Waals surface area contributed by atoms with Gasteiger partial charge in [-0.3, -0.25) is 24.0 Å². The molecule has 6 N–H and O–H groups in total. The molecule has 4 fully saturated rings. The number of carbonyl (C=O) groups excluding carboxylic acids is 8. The highest BCUT2D eigenvalue weighted by Gasteiger charge is 2.35. The maximum atomic E-state index is 13.4. The number of aromatic nitrogens is 3. The lowest BCUT2D eigenvalue weighted by molar-refractivity contribution is -0.144. The molecule has 652 valence electrons. The molecule has 6 aromatic rings. The van der Waals surface area contributed by atoms with Crippen LogP contribution in [0.15, 0.2) is 76.1 Å². The largest absolute Gasteiger partial charge is 0.466 e. The van der Waals surface area contributed by atoms with Crippen LogP contribution in [0.4, 0.5) is 24.5 Å². The molecule has 25 nitrogen and oxygen atoms in total. The number of hydrogen-bond acceptors (Lipinski definition) is 18. The topological polar surface area (TPSA) is 285 Å². The predicted molar refractivity (Wildman–Crippen MR) is 472 cm³/mol. The van der Waals surface area contributed by atoms with Crippen LogP contribution in [0.3, 0.4) is 0 Å². The van der Waals surface area contributed by atoms with Gasteiger partial charge in [0, 0.05) is 140 Å². The van der Waals surface area contributed by atoms with Gasteiger partial charge in [0.25, 0.3) is 17.7 Å². The number of hydrogen-bond donors (Lipinski definition) is 6. The number of thiophene rings is 2. The van der Waals surface area contributed by atoms with E-state index in [1.54, 1.807) is 87.6 Å². The van der Waals surface area contributed by atoms with Gasteiger partial charge in [0.1, 0.15) is 26.4 Å². The van der Waals surface area contributed by atoms with Crippen LogP contribution in [0, 0.1) is 46.4 Å². The fourth-order valence-electron chi connectivity index (χ4n) is 16.1. The van der Waals surface area contributed by atoms with Crippen LogP contribution in [0.25, 0.3) is 0 Å². The van der Waals surface area contributed by atoms with Crippen molar-refractivity contribution in [3.63, 3.8) is 0 Å². The number of amides is 9. The van der Waals surface area contributed by atoms with Gasteiger partial charge in [-0.1, -0.05) is 65.7 Å². The first-order chi connectivity index (χ1) is 57.1. The number of piperidine rings is 3. The molecule has 3 saturated heterocycles. The number of esters is 2. The van der Waals surface area contributed by atoms with Crippen molar-refractivity contribution in [2.75, 3.05) is 97.1 Å². The van der Waals surface area contributed by atoms with E-state index in [1.807, 2.05) is 45.4 Å². The zero-order valence-corrected chi connectivity index (χ0v) is 75.4. The maximum Gasteiger partial charge on any atom is 0.322 e. The van der Waals surface area contributed by atoms with Crippen molar-refractivity contribution in [1.82, 2.24) is 70.9 Å². The molecule has 8 heterocycles. The van der Waals surface area contributed by atoms with Crippen LogP contribution >= 0.6 is 69.1 Å². The Morgan fingerprint density at radius 2 is 0.882 bits per heavy atom. The molecule has 1 aliphatic carbocycles. The van der Waals surface area contributed by atoms with E-state index in [0.717, 1.165) is 126 Å². The Morgan fingerprint density at radius 3 is 1.29 bits per heavy atom. The second-order valence-corrected chi connectivity index (χ2v) is 34.5. The zero-order chi connectivity index (χ0) is 86.1. The van der Waals surface area contributed by atoms with E-state index in [2.05, 4.69) is 99.2 Å². The van der Waals surface area contributed by atoms with Crippen LogP contribution in [-0.4, -0.2) is 220 Å². The summed E-state index contributed by atoms with van der Waals surface area (Å²) in [5, 5.41) is 27.3. The lowest BCUT2D eigenvalue weighted by atomic mass is 9.88. The summed E-state index contributed by atoms with van der Waals surface area (Å²) in [6.07, 6.45) is 14.8. The first kappa shape index (κ1) is 96.7. The van der Waals surface area contributed by atoms with Crippen LogP contribution in [0.2, 0.25) is 20.6 Å². The summed E-state index contributed by atoms with van der Waals surface area (Å²) in [6, 6.07) is 16.0. The van der Waals surface area contributed by atoms with Gasteiger partial charge in [-0.05, 0) is 256 Å². The van der Waals surface area contributed by atoms with Gasteiger partial charge >= 0.3 is 30.0 Å². The number of carbonyl (C=O) groups is 8. The molecule has 3 aliphatic heterocycles. The molecule has 32 heteroatoms. The predicted octanol–water partition coefficient (Wildman–Crippen LogP) is 16.4. The van der Waals surface area contributed by atoms with Crippen molar-refractivity contribution in [3.05, 3.63) is 158 Å². The van der Waals surface area contributed by atoms with Crippen molar-refractivity contribution in [2.45, 2.75) is 228 Å². The number of aryl methyl sites for hydroxylation is 5. The van der Waals surface area contributed by atoms with E-state index in [9.17, 15) is 42.7 Å². The van der Waals surface area contributed by atoms with E-state index in [4.69, 9.17) is 55.9 Å². The van der Waals surface area contributed by atoms with E-state index < -0.39 is 0 Å². The number of urea groups is 3. The normalized spacial score (nSPS) is 15.9. The smallest absolute Gasteiger partial charge is 0.322 e. The molecule has 119 heavy (non-hydrogen) atoms. The Morgan fingerprint density at radius 1 is 0.487 bits per heavy atom. The SMILES string of the molecule is CCOC(=O)CCCNC(=O)N(Cc1ccsc1)C1CCN([C@H](C)CCNC(=O)c2c(C)cc(Cl)nc2C)CC1.CCOC(=O)CCNC(=O)N(Cc1ccsc1)C1CCN([C@H](C)CCNC(=O)c2c(C)cc(Cl)nc2C)CC1.Cc1cc(Cl)nc(Cl)c1C(=O)NCC[C@@H](C)N1CCC(N(CC2CCCCC2)C(=O)Nc2ccc(F)cc2)CC1. The lowest BCUT2D eigenvalue weighted by Gasteiger charge is -2.42. The molecule has 0 spiro atoms. The molecule has 0 bridgehead atoms. The number of likely N-dealkylation sites (tertiary alicyclic amines) is 3. The third kappa shape index (κ3) is 31.2. The number of nitrogens with one attached hydrogen (secondary N) is 6. The number of pyridine rings is 3. The minimum Gasteiger partial charge on any atom is -0.466 e. The summed E-state index contributed by atoms with van der Waals surface area (Å²) in [5.41, 5.74) is 7.96. The molecule has 4 aliphatic rings. The Balaban J connectivity index is 0.000000222. The quantitative estimate of drug-likeness (QED) is 0.0124. The number of ether oxygens (including phenoxy) is 2. The summed E-state index contributed by atoms with van der Waals surface area (Å²) in [7, 11) is 0. The first-order valence-electron chi connectivity index (χ1n) is 42.0. The molecular formula is C87H122Cl4FN15O10S2. The summed E-state index contributed by atoms with van der Waals surface area (Å²) >= 11 is 27.3. The minimum atomic E-state index is -0.320. The van der Waals surface area contributed by atoms with Crippen molar-refractivity contribution >= 4 is 123 Å². The monoisotopic (exact) mass is 1760 g/mol. The highest BCUT2D eigenvalue weighted by Crippen LogP contribution is 2.31. The molecule has 5 aromatic heterocycles. The highest BCUT2D eigenvalue weighted by molar-refractivity contribution is 7.08. The van der Waals surface area contributed by atoms with E-state index >= 15 is 0 Å². The van der Waals surface area contributed by atoms with Crippen molar-refractivity contribution in [2.24, 2.45) is 5.92 Å². The van der Waals surface area contributed by atoms with E-state index in [-0.39, 0.29) is 101 Å². The average molecular weight is 1760 g/mol. The maximum absolute atomic E-state index is 13.4. The second kappa shape index (κ2) is 49.9. The summed E-state index contributed by atoms with van der Waals surface area (Å²) < 4.78 is 23.3. The van der Waals surface area contributed by atoms with Crippen LogP contribution in [0.1, 0.15) is 214 Å². The van der Waals surface area contributed by atoms with Gasteiger partial charge in [-0.25, -0.2) is 33.7 Å². The van der Waals surface area contributed by atoms with E-state index in [0.29, 0.717) is 133 Å². The standard InChI is InChI=1S/C30H40Cl2FN5O2.C29H42ClN5O4S.C28H40ClN5O4S/c1-20-18-26(31)36-28(32)27(20)29(39)34-15-12-21(2)37-16-13-25(14-17-37)38(19-22-6-4-3-5-7-22)30(40)35-24-10-8-23(33)9-11-24;1-5-39-26(36)7-6-12-32-29(38)35(18-23-11-16-40-19-23)24-9-14-34(15-10-24)21(3)8-13-31-28(37)27-20(2)17-25(30)33-22(27)4;1-5-38-25(35)7-12-31-28(37)34(17-22-10-15-39-18-22)23-8-13-33(14-9-23)20(3)6-11-30-27(36)26-19(2)16-24(29)32-21(26)4/h8-11,18,21-22,25H,3-7,12-17,19H2,1-2H3,(H,34,39)(H,35,40);11,16-17,19,21,24H,5-10,12-15,18H2,1-4H3,(H,31,37)(H,32,38);10,15-16,18,20,23H,5-9,11-14,17H2,1-4H3,(H,30,36)(H,31,37)/t2*21-;20-/m111/s1. The van der Waals surface area contributed by atoms with Gasteiger partial charge in [0.2, 0.25) is 0 Å². The van der Waals surface area contributed by atoms with Gasteiger partial charge in [-0.2, -0.15) is 22.7 Å². The van der Waals surface area contributed by atoms with Gasteiger partial charge in [0.05, 0.1) is 47.7 Å². The number of anilines is 1. The van der Waals surface area contributed by atoms with Crippen molar-refractivity contribution < 1.29 is 52.2 Å². The van der Waals surface area contributed by atoms with Gasteiger partial charge in [0.15, 0.2) is 0 Å². The van der Waals surface area contributed by atoms with Crippen LogP contribution in [0.5, 0.6) is 0 Å². The Bertz CT molecular complexity index is 4150. The van der Waals surface area contributed by atoms with Gasteiger partial charge < -0.3 is 70.8 Å². The average Bonchev–Trinajstić information content (AvgIpc) is 1.44. The summed E-state index contributed by atoms with van der Waals surface area (Å²) in [6.45, 7) is 29.4. The fraction of sp³-hybridized carbons (Fsp3) is 0.575. The Labute approximate surface area is 730 Å². The molecule has 1 saturated carbocycles. The Hall–Kier alpha value is -7.80. The third-order valence-corrected chi connectivity index (χ3v) is 25.1. The van der Waals surface area contributed by atoms with Crippen molar-refractivity contribution in [3.8, 4) is 0 Å². The van der Waals surface area contributed by atoms with Crippen LogP contribution in [-0.2, 0) is 32.2 Å². The Kier molecular flexibility index (Phi) is 40.6. The van der Waals surface area contributed by atoms with Crippen molar-refractivity contribution in [1.29, 1.82) is 0 Å². The number of nitrogens with zero attached hydrogens (tertiary/aromatic N) is 9. The summed E-state index contributed by atoms with van der Waals surface area (Å²) in [4.78, 5) is 127. The molecule has 3 atom stereocenters. The fourth-order valence-corrected chi connectivity index (χ4v) is 18.6. The van der Waals surface area contributed by atoms with Gasteiger partial charge in [-0.15, -0.1) is 0 Å². The lowest BCUT2D eigenvalue weighted by Crippen LogP contribution is -2.52. The molecule has 0 unspecified atom stereocenters. The zero-order valence-electron chi connectivity index (χ0n) is 70.7. The van der Waals surface area contributed by atoms with E-state index in [1.165, 1.54) is 44.2 Å². The van der Waals surface area contributed by atoms with Crippen LogP contribution < -0.4 is 31.9 Å². The molecular weight excluding hydrogens is 1640 g/mol. The highest BCUT2D eigenvalue weighted by atomic mass is 35.5. The molecule has 0 radical (unpaired) electrons. The molecule has 9 amide bonds. The first-order valence-corrected chi connectivity index (χ1v) is 45.4. The number of halogens is 5. The molecule has 10 rings (SSSR count). The number of rotatable bonds is 34. The third-order valence-electron chi connectivity index (χ3n) is 22.8.